The van der Waals surface area contributed by atoms with Crippen molar-refractivity contribution in [3.63, 3.8) is 0 Å². The molecular weight excluding hydrogens is 268 g/mol. The van der Waals surface area contributed by atoms with Gasteiger partial charge in [-0.25, -0.2) is 0 Å². The predicted molar refractivity (Wildman–Crippen MR) is 90.4 cm³/mol. The van der Waals surface area contributed by atoms with Gasteiger partial charge in [0.25, 0.3) is 0 Å². The van der Waals surface area contributed by atoms with Crippen molar-refractivity contribution in [1.29, 1.82) is 0 Å². The van der Waals surface area contributed by atoms with Crippen molar-refractivity contribution in [2.75, 3.05) is 0 Å². The van der Waals surface area contributed by atoms with Gasteiger partial charge in [-0.1, -0.05) is 72.8 Å². The molecule has 0 bridgehead atoms. The summed E-state index contributed by atoms with van der Waals surface area (Å²) in [6, 6.07) is 24.9. The molecule has 0 atom stereocenters. The summed E-state index contributed by atoms with van der Waals surface area (Å²) in [6.07, 6.45) is 3.51. The molecule has 0 saturated heterocycles. The molecule has 2 heteroatoms. The fraction of sp³-hybridized carbons (Fsp3) is 0. The minimum Gasteiger partial charge on any atom is -0.252 e. The molecule has 0 aliphatic carbocycles. The van der Waals surface area contributed by atoms with Gasteiger partial charge in [-0.3, -0.25) is 9.97 Å². The largest absolute Gasteiger partial charge is 0.252 e. The molecule has 104 valence electrons. The lowest BCUT2D eigenvalue weighted by atomic mass is 9.97. The summed E-state index contributed by atoms with van der Waals surface area (Å²) in [5.74, 6) is 0. The first-order valence-electron chi connectivity index (χ1n) is 7.28. The summed E-state index contributed by atoms with van der Waals surface area (Å²) < 4.78 is 0. The van der Waals surface area contributed by atoms with Crippen molar-refractivity contribution in [3.8, 4) is 22.3 Å². The van der Waals surface area contributed by atoms with Gasteiger partial charge in [-0.15, -0.1) is 0 Å². The van der Waals surface area contributed by atoms with Crippen LogP contribution in [0.5, 0.6) is 0 Å². The SMILES string of the molecule is c1ccc(-c2ccc(-c3ccccc3)c3nccnc23)cc1. The standard InChI is InChI=1S/C20H14N2/c1-3-7-15(8-4-1)17-11-12-18(16-9-5-2-6-10-16)20-19(17)21-13-14-22-20/h1-14H. The highest BCUT2D eigenvalue weighted by atomic mass is 14.8. The monoisotopic (exact) mass is 282 g/mol. The lowest BCUT2D eigenvalue weighted by molar-refractivity contribution is 1.29. The highest BCUT2D eigenvalue weighted by Gasteiger charge is 2.10. The normalized spacial score (nSPS) is 10.7. The van der Waals surface area contributed by atoms with E-state index in [1.165, 1.54) is 0 Å². The van der Waals surface area contributed by atoms with Crippen LogP contribution in [0.3, 0.4) is 0 Å². The summed E-state index contributed by atoms with van der Waals surface area (Å²) in [7, 11) is 0. The fourth-order valence-electron chi connectivity index (χ4n) is 2.76. The first-order valence-corrected chi connectivity index (χ1v) is 7.28. The summed E-state index contributed by atoms with van der Waals surface area (Å²) in [6.45, 7) is 0. The van der Waals surface area contributed by atoms with E-state index in [0.29, 0.717) is 0 Å². The van der Waals surface area contributed by atoms with Gasteiger partial charge in [0.1, 0.15) is 0 Å². The zero-order valence-electron chi connectivity index (χ0n) is 12.0. The average Bonchev–Trinajstić information content (AvgIpc) is 2.62. The van der Waals surface area contributed by atoms with Crippen molar-refractivity contribution in [1.82, 2.24) is 9.97 Å². The number of aromatic nitrogens is 2. The molecule has 22 heavy (non-hydrogen) atoms. The Morgan fingerprint density at radius 2 is 0.864 bits per heavy atom. The van der Waals surface area contributed by atoms with Crippen molar-refractivity contribution in [2.45, 2.75) is 0 Å². The van der Waals surface area contributed by atoms with Crippen molar-refractivity contribution in [3.05, 3.63) is 85.2 Å². The van der Waals surface area contributed by atoms with E-state index in [-0.39, 0.29) is 0 Å². The average molecular weight is 282 g/mol. The number of hydrogen-bond donors (Lipinski definition) is 0. The molecule has 4 aromatic rings. The number of fused-ring (bicyclic) bond motifs is 1. The third kappa shape index (κ3) is 2.15. The summed E-state index contributed by atoms with van der Waals surface area (Å²) in [5, 5.41) is 0. The van der Waals surface area contributed by atoms with E-state index in [0.717, 1.165) is 33.3 Å². The maximum atomic E-state index is 4.58. The minimum atomic E-state index is 0.940. The Labute approximate surface area is 129 Å². The van der Waals surface area contributed by atoms with Crippen molar-refractivity contribution >= 4 is 11.0 Å². The van der Waals surface area contributed by atoms with E-state index in [1.807, 2.05) is 36.4 Å². The van der Waals surface area contributed by atoms with Gasteiger partial charge in [0.15, 0.2) is 0 Å². The van der Waals surface area contributed by atoms with Crippen LogP contribution in [-0.2, 0) is 0 Å². The van der Waals surface area contributed by atoms with E-state index in [9.17, 15) is 0 Å². The zero-order valence-corrected chi connectivity index (χ0v) is 12.0. The fourth-order valence-corrected chi connectivity index (χ4v) is 2.76. The van der Waals surface area contributed by atoms with Gasteiger partial charge in [-0.05, 0) is 11.1 Å². The van der Waals surface area contributed by atoms with Gasteiger partial charge < -0.3 is 0 Å². The Balaban J connectivity index is 2.01. The molecule has 0 spiro atoms. The van der Waals surface area contributed by atoms with Crippen LogP contribution in [0.4, 0.5) is 0 Å². The maximum absolute atomic E-state index is 4.58. The highest BCUT2D eigenvalue weighted by Crippen LogP contribution is 2.32. The molecule has 1 aromatic heterocycles. The summed E-state index contributed by atoms with van der Waals surface area (Å²) in [5.41, 5.74) is 6.43. The third-order valence-electron chi connectivity index (χ3n) is 3.79. The van der Waals surface area contributed by atoms with Gasteiger partial charge >= 0.3 is 0 Å². The zero-order chi connectivity index (χ0) is 14.8. The Morgan fingerprint density at radius 3 is 1.27 bits per heavy atom. The molecule has 0 N–H and O–H groups in total. The molecule has 0 aliphatic heterocycles. The lowest BCUT2D eigenvalue weighted by Gasteiger charge is -2.10. The second-order valence-electron chi connectivity index (χ2n) is 5.15. The van der Waals surface area contributed by atoms with Crippen LogP contribution in [0.2, 0.25) is 0 Å². The topological polar surface area (TPSA) is 25.8 Å². The van der Waals surface area contributed by atoms with Crippen LogP contribution in [0.25, 0.3) is 33.3 Å². The molecular formula is C20H14N2. The van der Waals surface area contributed by atoms with E-state index >= 15 is 0 Å². The molecule has 0 radical (unpaired) electrons. The number of nitrogens with zero attached hydrogens (tertiary/aromatic N) is 2. The molecule has 0 aliphatic rings. The second-order valence-corrected chi connectivity index (χ2v) is 5.15. The molecule has 0 unspecified atom stereocenters. The predicted octanol–water partition coefficient (Wildman–Crippen LogP) is 4.96. The van der Waals surface area contributed by atoms with Crippen LogP contribution in [0, 0.1) is 0 Å². The summed E-state index contributed by atoms with van der Waals surface area (Å²) >= 11 is 0. The summed E-state index contributed by atoms with van der Waals surface area (Å²) in [4.78, 5) is 9.16. The van der Waals surface area contributed by atoms with Crippen LogP contribution < -0.4 is 0 Å². The quantitative estimate of drug-likeness (QED) is 0.519. The van der Waals surface area contributed by atoms with E-state index in [1.54, 1.807) is 12.4 Å². The number of benzene rings is 3. The van der Waals surface area contributed by atoms with Gasteiger partial charge in [0.2, 0.25) is 0 Å². The molecule has 3 aromatic carbocycles. The Bertz CT molecular complexity index is 838. The van der Waals surface area contributed by atoms with Crippen molar-refractivity contribution < 1.29 is 0 Å². The van der Waals surface area contributed by atoms with Crippen LogP contribution >= 0.6 is 0 Å². The van der Waals surface area contributed by atoms with Gasteiger partial charge in [0, 0.05) is 23.5 Å². The first kappa shape index (κ1) is 12.7. The second kappa shape index (κ2) is 5.41. The third-order valence-corrected chi connectivity index (χ3v) is 3.79. The lowest BCUT2D eigenvalue weighted by Crippen LogP contribution is -1.90. The van der Waals surface area contributed by atoms with Gasteiger partial charge in [-0.2, -0.15) is 0 Å². The molecule has 1 heterocycles. The molecule has 0 amide bonds. The molecule has 0 fully saturated rings. The van der Waals surface area contributed by atoms with E-state index in [2.05, 4.69) is 46.4 Å². The molecule has 2 nitrogen and oxygen atoms in total. The Morgan fingerprint density at radius 1 is 0.455 bits per heavy atom. The highest BCUT2D eigenvalue weighted by molar-refractivity contribution is 6.00. The van der Waals surface area contributed by atoms with E-state index in [4.69, 9.17) is 0 Å². The van der Waals surface area contributed by atoms with Crippen LogP contribution in [-0.4, -0.2) is 9.97 Å². The van der Waals surface area contributed by atoms with Crippen LogP contribution in [0.1, 0.15) is 0 Å². The minimum absolute atomic E-state index is 0.940. The van der Waals surface area contributed by atoms with Crippen LogP contribution in [0.15, 0.2) is 85.2 Å². The Kier molecular flexibility index (Phi) is 3.13. The van der Waals surface area contributed by atoms with Crippen molar-refractivity contribution in [2.24, 2.45) is 0 Å². The first-order chi connectivity index (χ1) is 10.9. The number of hydrogen-bond acceptors (Lipinski definition) is 2. The smallest absolute Gasteiger partial charge is 0.0971 e. The molecule has 4 rings (SSSR count). The number of rotatable bonds is 2. The maximum Gasteiger partial charge on any atom is 0.0971 e. The Hall–Kier alpha value is -3.00. The molecule has 0 saturated carbocycles. The van der Waals surface area contributed by atoms with Gasteiger partial charge in [0.05, 0.1) is 11.0 Å². The van der Waals surface area contributed by atoms with E-state index < -0.39 is 0 Å².